The van der Waals surface area contributed by atoms with Crippen molar-refractivity contribution < 1.29 is 0 Å². The number of nitrogens with zero attached hydrogens (tertiary/aromatic N) is 3. The summed E-state index contributed by atoms with van der Waals surface area (Å²) in [7, 11) is 5.60. The van der Waals surface area contributed by atoms with E-state index in [-0.39, 0.29) is 0 Å². The molecule has 0 aromatic carbocycles. The van der Waals surface area contributed by atoms with Crippen molar-refractivity contribution in [1.82, 2.24) is 14.4 Å². The van der Waals surface area contributed by atoms with Gasteiger partial charge in [-0.3, -0.25) is 4.40 Å². The molecule has 0 aliphatic rings. The van der Waals surface area contributed by atoms with E-state index in [4.69, 9.17) is 19.4 Å². The lowest BCUT2D eigenvalue weighted by Crippen LogP contribution is -2.10. The Kier molecular flexibility index (Phi) is 1.85. The standard InChI is InChI=1S/C6H2BBrClN3/c7-4-2-10-5-3(8)1-11-6(9)12(4)5/h1-2H. The molecule has 0 bridgehead atoms. The van der Waals surface area contributed by atoms with Gasteiger partial charge in [-0.05, 0) is 33.1 Å². The van der Waals surface area contributed by atoms with E-state index in [1.165, 1.54) is 6.20 Å². The first-order valence-electron chi connectivity index (χ1n) is 3.13. The second-order valence-corrected chi connectivity index (χ2v) is 3.41. The van der Waals surface area contributed by atoms with E-state index in [0.29, 0.717) is 16.5 Å². The lowest BCUT2D eigenvalue weighted by atomic mass is 10.1. The molecule has 2 heterocycles. The van der Waals surface area contributed by atoms with Crippen molar-refractivity contribution in [1.29, 1.82) is 0 Å². The van der Waals surface area contributed by atoms with Gasteiger partial charge in [-0.1, -0.05) is 0 Å². The molecule has 0 aliphatic heterocycles. The van der Waals surface area contributed by atoms with E-state index in [0.717, 1.165) is 4.47 Å². The maximum atomic E-state index is 5.79. The van der Waals surface area contributed by atoms with Gasteiger partial charge in [0.1, 0.15) is 7.85 Å². The molecule has 0 N–H and O–H groups in total. The number of halogens is 2. The molecular weight excluding hydrogens is 240 g/mol. The van der Waals surface area contributed by atoms with E-state index in [1.807, 2.05) is 0 Å². The summed E-state index contributed by atoms with van der Waals surface area (Å²) in [6.45, 7) is 0. The highest BCUT2D eigenvalue weighted by Crippen LogP contribution is 2.16. The zero-order valence-electron chi connectivity index (χ0n) is 5.83. The quantitative estimate of drug-likeness (QED) is 0.508. The summed E-state index contributed by atoms with van der Waals surface area (Å²) in [6, 6.07) is 0. The molecule has 12 heavy (non-hydrogen) atoms. The van der Waals surface area contributed by atoms with Crippen LogP contribution in [0.3, 0.4) is 0 Å². The molecule has 0 unspecified atom stereocenters. The van der Waals surface area contributed by atoms with Gasteiger partial charge in [-0.2, -0.15) is 0 Å². The number of rotatable bonds is 0. The Morgan fingerprint density at radius 1 is 1.42 bits per heavy atom. The van der Waals surface area contributed by atoms with Gasteiger partial charge < -0.3 is 0 Å². The van der Waals surface area contributed by atoms with Gasteiger partial charge in [-0.25, -0.2) is 9.97 Å². The highest BCUT2D eigenvalue weighted by Gasteiger charge is 2.06. The summed E-state index contributed by atoms with van der Waals surface area (Å²) in [5, 5.41) is 0.309. The first kappa shape index (κ1) is 8.07. The lowest BCUT2D eigenvalue weighted by molar-refractivity contribution is 1.10. The molecular formula is C6H2BBrClN3. The van der Waals surface area contributed by atoms with E-state index < -0.39 is 0 Å². The molecule has 0 spiro atoms. The number of imidazole rings is 1. The van der Waals surface area contributed by atoms with Gasteiger partial charge >= 0.3 is 0 Å². The number of hydrogen-bond donors (Lipinski definition) is 0. The lowest BCUT2D eigenvalue weighted by Gasteiger charge is -1.99. The van der Waals surface area contributed by atoms with Crippen LogP contribution in [0.1, 0.15) is 0 Å². The summed E-state index contributed by atoms with van der Waals surface area (Å²) < 4.78 is 2.33. The third-order valence-electron chi connectivity index (χ3n) is 1.47. The van der Waals surface area contributed by atoms with E-state index in [1.54, 1.807) is 10.6 Å². The van der Waals surface area contributed by atoms with Crippen LogP contribution in [-0.4, -0.2) is 22.2 Å². The number of hydrogen-bond acceptors (Lipinski definition) is 2. The van der Waals surface area contributed by atoms with Crippen molar-refractivity contribution in [3.63, 3.8) is 0 Å². The molecule has 58 valence electrons. The highest BCUT2D eigenvalue weighted by atomic mass is 79.9. The molecule has 2 rings (SSSR count). The smallest absolute Gasteiger partial charge is 0.207 e. The second-order valence-electron chi connectivity index (χ2n) is 2.22. The predicted molar refractivity (Wildman–Crippen MR) is 51.1 cm³/mol. The normalized spacial score (nSPS) is 10.8. The molecule has 0 fully saturated rings. The van der Waals surface area contributed by atoms with Crippen molar-refractivity contribution in [3.05, 3.63) is 22.1 Å². The minimum atomic E-state index is 0.309. The van der Waals surface area contributed by atoms with Crippen LogP contribution in [0.25, 0.3) is 5.65 Å². The first-order chi connectivity index (χ1) is 5.70. The summed E-state index contributed by atoms with van der Waals surface area (Å²) in [4.78, 5) is 7.95. The summed E-state index contributed by atoms with van der Waals surface area (Å²) in [5.41, 5.74) is 1.15. The maximum absolute atomic E-state index is 5.79. The van der Waals surface area contributed by atoms with Crippen LogP contribution in [0.5, 0.6) is 0 Å². The Bertz CT molecular complexity index is 442. The van der Waals surface area contributed by atoms with Crippen LogP contribution < -0.4 is 5.59 Å². The predicted octanol–water partition coefficient (Wildman–Crippen LogP) is 0.939. The van der Waals surface area contributed by atoms with Crippen LogP contribution in [0.2, 0.25) is 5.28 Å². The molecule has 2 aromatic heterocycles. The second kappa shape index (κ2) is 2.74. The molecule has 0 saturated carbocycles. The minimum Gasteiger partial charge on any atom is -0.281 e. The Hall–Kier alpha value is -0.545. The van der Waals surface area contributed by atoms with Crippen LogP contribution >= 0.6 is 27.5 Å². The van der Waals surface area contributed by atoms with Gasteiger partial charge in [0.05, 0.1) is 4.47 Å². The Balaban J connectivity index is 2.98. The molecule has 3 nitrogen and oxygen atoms in total. The van der Waals surface area contributed by atoms with Gasteiger partial charge in [0, 0.05) is 12.4 Å². The van der Waals surface area contributed by atoms with Crippen molar-refractivity contribution in [2.45, 2.75) is 0 Å². The first-order valence-corrected chi connectivity index (χ1v) is 4.30. The van der Waals surface area contributed by atoms with Crippen LogP contribution in [0.4, 0.5) is 0 Å². The fraction of sp³-hybridized carbons (Fsp3) is 0. The molecule has 6 heteroatoms. The van der Waals surface area contributed by atoms with Gasteiger partial charge in [-0.15, -0.1) is 0 Å². The average Bonchev–Trinajstić information content (AvgIpc) is 2.42. The summed E-state index contributed by atoms with van der Waals surface area (Å²) in [6.07, 6.45) is 3.12. The van der Waals surface area contributed by atoms with Crippen molar-refractivity contribution in [2.75, 3.05) is 0 Å². The topological polar surface area (TPSA) is 30.2 Å². The van der Waals surface area contributed by atoms with Crippen molar-refractivity contribution >= 4 is 46.6 Å². The Morgan fingerprint density at radius 3 is 2.83 bits per heavy atom. The molecule has 0 aliphatic carbocycles. The van der Waals surface area contributed by atoms with Gasteiger partial charge in [0.25, 0.3) is 0 Å². The molecule has 0 amide bonds. The fourth-order valence-corrected chi connectivity index (χ4v) is 1.56. The van der Waals surface area contributed by atoms with Gasteiger partial charge in [0.15, 0.2) is 5.65 Å². The monoisotopic (exact) mass is 241 g/mol. The zero-order chi connectivity index (χ0) is 8.72. The highest BCUT2D eigenvalue weighted by molar-refractivity contribution is 9.10. The van der Waals surface area contributed by atoms with E-state index in [9.17, 15) is 0 Å². The summed E-state index contributed by atoms with van der Waals surface area (Å²) >= 11 is 9.07. The van der Waals surface area contributed by atoms with Crippen molar-refractivity contribution in [2.24, 2.45) is 0 Å². The third-order valence-corrected chi connectivity index (χ3v) is 2.30. The van der Waals surface area contributed by atoms with E-state index >= 15 is 0 Å². The average molecular weight is 242 g/mol. The maximum Gasteiger partial charge on any atom is 0.207 e. The minimum absolute atomic E-state index is 0.309. The van der Waals surface area contributed by atoms with Crippen LogP contribution in [-0.2, 0) is 0 Å². The van der Waals surface area contributed by atoms with Crippen molar-refractivity contribution in [3.8, 4) is 0 Å². The van der Waals surface area contributed by atoms with Crippen LogP contribution in [0.15, 0.2) is 16.9 Å². The molecule has 0 saturated heterocycles. The SMILES string of the molecule is [B]c1cnc2c(Br)cnc(Cl)n12. The zero-order valence-corrected chi connectivity index (χ0v) is 8.17. The Labute approximate surface area is 83.3 Å². The largest absolute Gasteiger partial charge is 0.281 e. The molecule has 2 aromatic rings. The third kappa shape index (κ3) is 1.04. The molecule has 0 atom stereocenters. The van der Waals surface area contributed by atoms with E-state index in [2.05, 4.69) is 25.9 Å². The molecule has 2 radical (unpaired) electrons. The number of fused-ring (bicyclic) bond motifs is 1. The summed E-state index contributed by atoms with van der Waals surface area (Å²) in [5.74, 6) is 0. The number of aromatic nitrogens is 3. The Morgan fingerprint density at radius 2 is 2.17 bits per heavy atom. The van der Waals surface area contributed by atoms with Crippen LogP contribution in [0, 0.1) is 0 Å². The van der Waals surface area contributed by atoms with Gasteiger partial charge in [0.2, 0.25) is 5.28 Å². The fourth-order valence-electron chi connectivity index (χ4n) is 0.953.